The first kappa shape index (κ1) is 18.6. The van der Waals surface area contributed by atoms with E-state index in [2.05, 4.69) is 9.88 Å². The van der Waals surface area contributed by atoms with Gasteiger partial charge in [0.15, 0.2) is 5.15 Å². The van der Waals surface area contributed by atoms with E-state index in [1.807, 2.05) is 28.8 Å². The third kappa shape index (κ3) is 3.29. The third-order valence-corrected chi connectivity index (χ3v) is 7.63. The maximum absolute atomic E-state index is 12.9. The summed E-state index contributed by atoms with van der Waals surface area (Å²) in [5, 5.41) is 0.105. The summed E-state index contributed by atoms with van der Waals surface area (Å²) in [4.78, 5) is 20.1. The Balaban J connectivity index is 1.44. The molecule has 150 valence electrons. The van der Waals surface area contributed by atoms with Gasteiger partial charge in [-0.25, -0.2) is 4.98 Å². The number of rotatable bonds is 2. The fourth-order valence-electron chi connectivity index (χ4n) is 6.21. The quantitative estimate of drug-likeness (QED) is 0.684. The number of benzene rings is 1. The van der Waals surface area contributed by atoms with Crippen LogP contribution in [-0.4, -0.2) is 32.6 Å². The van der Waals surface area contributed by atoms with Crippen LogP contribution in [0.1, 0.15) is 76.7 Å². The number of para-hydroxylation sites is 2. The number of nitrogens with zero attached hydrogens (tertiary/aromatic N) is 3. The van der Waals surface area contributed by atoms with Crippen LogP contribution in [0.25, 0.3) is 11.0 Å². The van der Waals surface area contributed by atoms with E-state index in [4.69, 9.17) is 11.6 Å². The Hall–Kier alpha value is -1.39. The molecule has 5 rings (SSSR count). The van der Waals surface area contributed by atoms with Crippen molar-refractivity contribution in [1.29, 1.82) is 0 Å². The van der Waals surface area contributed by atoms with Gasteiger partial charge >= 0.3 is 0 Å². The summed E-state index contributed by atoms with van der Waals surface area (Å²) in [5.74, 6) is 0. The van der Waals surface area contributed by atoms with Crippen LogP contribution >= 0.6 is 11.6 Å². The van der Waals surface area contributed by atoms with Crippen LogP contribution in [0.2, 0.25) is 5.15 Å². The molecule has 2 aromatic rings. The molecular weight excluding hydrogens is 370 g/mol. The average molecular weight is 400 g/mol. The monoisotopic (exact) mass is 399 g/mol. The average Bonchev–Trinajstić information content (AvgIpc) is 2.92. The predicted octanol–water partition coefficient (Wildman–Crippen LogP) is 5.33. The Morgan fingerprint density at radius 3 is 2.18 bits per heavy atom. The molecule has 3 aliphatic rings. The minimum absolute atomic E-state index is 0.105. The van der Waals surface area contributed by atoms with E-state index in [-0.39, 0.29) is 16.8 Å². The number of hydrogen-bond donors (Lipinski definition) is 0. The molecule has 2 bridgehead atoms. The highest BCUT2D eigenvalue weighted by Crippen LogP contribution is 2.44. The second kappa shape index (κ2) is 7.79. The molecule has 2 saturated heterocycles. The first-order chi connectivity index (χ1) is 13.7. The molecule has 28 heavy (non-hydrogen) atoms. The van der Waals surface area contributed by atoms with Crippen LogP contribution in [0.3, 0.4) is 0 Å². The van der Waals surface area contributed by atoms with Gasteiger partial charge in [-0.05, 0) is 50.7 Å². The largest absolute Gasteiger partial charge is 0.301 e. The van der Waals surface area contributed by atoms with Gasteiger partial charge in [0.2, 0.25) is 0 Å². The van der Waals surface area contributed by atoms with E-state index in [1.165, 1.54) is 57.8 Å². The van der Waals surface area contributed by atoms with Gasteiger partial charge in [0.1, 0.15) is 0 Å². The molecule has 4 nitrogen and oxygen atoms in total. The lowest BCUT2D eigenvalue weighted by molar-refractivity contribution is 0.0497. The molecular formula is C23H30ClN3O. The van der Waals surface area contributed by atoms with Crippen LogP contribution in [-0.2, 0) is 0 Å². The van der Waals surface area contributed by atoms with Crippen molar-refractivity contribution in [2.24, 2.45) is 0 Å². The van der Waals surface area contributed by atoms with Crippen molar-refractivity contribution in [3.05, 3.63) is 39.8 Å². The normalized spacial score (nSPS) is 29.7. The Labute approximate surface area is 171 Å². The molecule has 3 fully saturated rings. The lowest BCUT2D eigenvalue weighted by Crippen LogP contribution is -2.50. The minimum Gasteiger partial charge on any atom is -0.301 e. The van der Waals surface area contributed by atoms with Crippen LogP contribution in [0.5, 0.6) is 0 Å². The second-order valence-corrected chi connectivity index (χ2v) is 9.38. The number of hydrogen-bond acceptors (Lipinski definition) is 3. The lowest BCUT2D eigenvalue weighted by Gasteiger charge is -2.45. The fraction of sp³-hybridized carbons (Fsp3) is 0.652. The number of aromatic nitrogens is 2. The zero-order valence-electron chi connectivity index (χ0n) is 16.5. The maximum atomic E-state index is 12.9. The molecule has 1 saturated carbocycles. The Morgan fingerprint density at radius 1 is 0.821 bits per heavy atom. The van der Waals surface area contributed by atoms with Crippen LogP contribution < -0.4 is 5.56 Å². The van der Waals surface area contributed by atoms with Crippen LogP contribution in [0.4, 0.5) is 0 Å². The second-order valence-electron chi connectivity index (χ2n) is 9.02. The topological polar surface area (TPSA) is 38.1 Å². The number of fused-ring (bicyclic) bond motifs is 3. The highest BCUT2D eigenvalue weighted by atomic mass is 35.5. The van der Waals surface area contributed by atoms with E-state index < -0.39 is 0 Å². The van der Waals surface area contributed by atoms with Crippen molar-refractivity contribution in [2.45, 2.75) is 94.8 Å². The molecule has 3 atom stereocenters. The van der Waals surface area contributed by atoms with Crippen LogP contribution in [0.15, 0.2) is 29.1 Å². The first-order valence-corrected chi connectivity index (χ1v) is 11.5. The third-order valence-electron chi connectivity index (χ3n) is 7.38. The summed E-state index contributed by atoms with van der Waals surface area (Å²) in [7, 11) is 0. The molecule has 5 heteroatoms. The molecule has 1 aromatic carbocycles. The fourth-order valence-corrected chi connectivity index (χ4v) is 6.39. The predicted molar refractivity (Wildman–Crippen MR) is 114 cm³/mol. The maximum Gasteiger partial charge on any atom is 0.288 e. The van der Waals surface area contributed by atoms with Gasteiger partial charge in [-0.2, -0.15) is 0 Å². The summed E-state index contributed by atoms with van der Waals surface area (Å²) in [6, 6.07) is 10.1. The Morgan fingerprint density at radius 2 is 1.46 bits per heavy atom. The van der Waals surface area contributed by atoms with Gasteiger partial charge in [0, 0.05) is 24.2 Å². The summed E-state index contributed by atoms with van der Waals surface area (Å²) in [6.07, 6.45) is 14.4. The zero-order valence-corrected chi connectivity index (χ0v) is 17.3. The van der Waals surface area contributed by atoms with E-state index in [0.29, 0.717) is 12.1 Å². The molecule has 0 amide bonds. The molecule has 0 N–H and O–H groups in total. The van der Waals surface area contributed by atoms with Crippen molar-refractivity contribution < 1.29 is 0 Å². The summed E-state index contributed by atoms with van der Waals surface area (Å²) >= 11 is 6.23. The van der Waals surface area contributed by atoms with Crippen molar-refractivity contribution in [1.82, 2.24) is 14.5 Å². The molecule has 2 aliphatic heterocycles. The zero-order chi connectivity index (χ0) is 19.1. The molecule has 0 radical (unpaired) electrons. The van der Waals surface area contributed by atoms with Gasteiger partial charge in [-0.15, -0.1) is 0 Å². The highest BCUT2D eigenvalue weighted by molar-refractivity contribution is 6.29. The van der Waals surface area contributed by atoms with Crippen molar-refractivity contribution >= 4 is 22.6 Å². The molecule has 0 spiro atoms. The molecule has 1 aromatic heterocycles. The molecule has 1 aliphatic carbocycles. The number of halogens is 1. The van der Waals surface area contributed by atoms with Crippen molar-refractivity contribution in [3.8, 4) is 0 Å². The smallest absolute Gasteiger partial charge is 0.288 e. The van der Waals surface area contributed by atoms with Gasteiger partial charge in [0.25, 0.3) is 5.56 Å². The summed E-state index contributed by atoms with van der Waals surface area (Å²) in [6.45, 7) is 0. The van der Waals surface area contributed by atoms with Gasteiger partial charge in [-0.1, -0.05) is 55.8 Å². The minimum atomic E-state index is -0.121. The molecule has 1 unspecified atom stereocenters. The standard InChI is InChI=1S/C23H30ClN3O/c24-22-23(28)27(21-11-7-6-10-20(21)25-22)19-14-17-12-13-18(15-19)26(17)16-8-4-2-1-3-5-9-16/h6-7,10-11,16-19H,1-5,8-9,12-15H2/t17-,18?,19+/m0/s1. The van der Waals surface area contributed by atoms with Gasteiger partial charge < -0.3 is 4.57 Å². The Bertz CT molecular complexity index is 888. The highest BCUT2D eigenvalue weighted by Gasteiger charge is 2.44. The number of piperidine rings is 1. The van der Waals surface area contributed by atoms with E-state index in [0.717, 1.165) is 29.9 Å². The van der Waals surface area contributed by atoms with Gasteiger partial charge in [0.05, 0.1) is 11.0 Å². The van der Waals surface area contributed by atoms with Crippen molar-refractivity contribution in [2.75, 3.05) is 0 Å². The van der Waals surface area contributed by atoms with Crippen molar-refractivity contribution in [3.63, 3.8) is 0 Å². The molecule has 3 heterocycles. The summed E-state index contributed by atoms with van der Waals surface area (Å²) < 4.78 is 1.96. The summed E-state index contributed by atoms with van der Waals surface area (Å²) in [5.41, 5.74) is 1.63. The van der Waals surface area contributed by atoms with Gasteiger partial charge in [-0.3, -0.25) is 9.69 Å². The van der Waals surface area contributed by atoms with E-state index in [1.54, 1.807) is 0 Å². The van der Waals surface area contributed by atoms with E-state index >= 15 is 0 Å². The lowest BCUT2D eigenvalue weighted by atomic mass is 9.89. The SMILES string of the molecule is O=c1c(Cl)nc2ccccc2n1[C@H]1CC2CC[C@@H](C1)N2C1CCCCCCC1. The van der Waals surface area contributed by atoms with E-state index in [9.17, 15) is 4.79 Å². The van der Waals surface area contributed by atoms with Crippen LogP contribution in [0, 0.1) is 0 Å². The Kier molecular flexibility index (Phi) is 5.18. The first-order valence-electron chi connectivity index (χ1n) is 11.2.